The molecule has 0 fully saturated rings. The van der Waals surface area contributed by atoms with Crippen molar-refractivity contribution in [2.75, 3.05) is 5.32 Å². The second-order valence-corrected chi connectivity index (χ2v) is 5.31. The van der Waals surface area contributed by atoms with E-state index in [1.807, 2.05) is 0 Å². The molecular formula is C8H5Cl4NO2. The molecular weight excluding hydrogens is 284 g/mol. The van der Waals surface area contributed by atoms with E-state index in [-0.39, 0.29) is 10.8 Å². The van der Waals surface area contributed by atoms with E-state index in [0.29, 0.717) is 5.69 Å². The summed E-state index contributed by atoms with van der Waals surface area (Å²) in [5, 5.41) is 11.5. The van der Waals surface area contributed by atoms with Crippen LogP contribution in [0.4, 0.5) is 5.69 Å². The minimum Gasteiger partial charge on any atom is -0.506 e. The summed E-state index contributed by atoms with van der Waals surface area (Å²) in [7, 11) is 0. The van der Waals surface area contributed by atoms with Crippen molar-refractivity contribution in [3.8, 4) is 5.75 Å². The molecule has 0 aliphatic carbocycles. The van der Waals surface area contributed by atoms with Crippen LogP contribution in [0.25, 0.3) is 0 Å². The third-order valence-corrected chi connectivity index (χ3v) is 2.28. The highest BCUT2D eigenvalue weighted by Crippen LogP contribution is 2.30. The molecule has 1 amide bonds. The van der Waals surface area contributed by atoms with E-state index in [2.05, 4.69) is 5.32 Å². The fraction of sp³-hybridized carbons (Fsp3) is 0.125. The van der Waals surface area contributed by atoms with Gasteiger partial charge in [0.05, 0.1) is 5.02 Å². The number of benzene rings is 1. The first-order valence-electron chi connectivity index (χ1n) is 3.67. The van der Waals surface area contributed by atoms with Crippen LogP contribution in [0, 0.1) is 0 Å². The maximum atomic E-state index is 11.2. The van der Waals surface area contributed by atoms with Gasteiger partial charge < -0.3 is 10.4 Å². The van der Waals surface area contributed by atoms with E-state index in [0.717, 1.165) is 0 Å². The van der Waals surface area contributed by atoms with E-state index in [1.165, 1.54) is 18.2 Å². The molecule has 0 saturated heterocycles. The van der Waals surface area contributed by atoms with Crippen LogP contribution in [0.15, 0.2) is 18.2 Å². The zero-order valence-electron chi connectivity index (χ0n) is 7.10. The molecule has 0 heterocycles. The maximum absolute atomic E-state index is 11.2. The SMILES string of the molecule is O=C(Nc1ccc(O)c(Cl)c1)C(Cl)(Cl)Cl. The zero-order chi connectivity index (χ0) is 11.6. The van der Waals surface area contributed by atoms with Crippen LogP contribution < -0.4 is 5.32 Å². The van der Waals surface area contributed by atoms with E-state index >= 15 is 0 Å². The molecule has 1 rings (SSSR count). The van der Waals surface area contributed by atoms with Crippen LogP contribution in [-0.2, 0) is 4.79 Å². The van der Waals surface area contributed by atoms with Crippen molar-refractivity contribution in [1.29, 1.82) is 0 Å². The average molecular weight is 289 g/mol. The fourth-order valence-electron chi connectivity index (χ4n) is 0.787. The Kier molecular flexibility index (Phi) is 3.95. The Balaban J connectivity index is 2.83. The first-order chi connectivity index (χ1) is 6.80. The Bertz CT molecular complexity index is 389. The van der Waals surface area contributed by atoms with Crippen LogP contribution >= 0.6 is 46.4 Å². The summed E-state index contributed by atoms with van der Waals surface area (Å²) in [4.78, 5) is 11.2. The summed E-state index contributed by atoms with van der Waals surface area (Å²) in [6.07, 6.45) is 0. The molecule has 0 aliphatic heterocycles. The number of phenols is 1. The summed E-state index contributed by atoms with van der Waals surface area (Å²) in [6.45, 7) is 0. The van der Waals surface area contributed by atoms with Crippen LogP contribution in [0.3, 0.4) is 0 Å². The summed E-state index contributed by atoms with van der Waals surface area (Å²) in [5.41, 5.74) is 0.328. The Hall–Kier alpha value is -0.350. The topological polar surface area (TPSA) is 49.3 Å². The molecule has 0 aromatic heterocycles. The van der Waals surface area contributed by atoms with Gasteiger partial charge in [-0.3, -0.25) is 4.79 Å². The number of phenolic OH excluding ortho intramolecular Hbond substituents is 1. The van der Waals surface area contributed by atoms with Gasteiger partial charge in [-0.25, -0.2) is 0 Å². The molecule has 15 heavy (non-hydrogen) atoms. The number of hydrogen-bond donors (Lipinski definition) is 2. The second-order valence-electron chi connectivity index (χ2n) is 2.62. The van der Waals surface area contributed by atoms with Gasteiger partial charge in [0.2, 0.25) is 0 Å². The number of carbonyl (C=O) groups is 1. The summed E-state index contributed by atoms with van der Waals surface area (Å²) in [6, 6.07) is 4.08. The number of carbonyl (C=O) groups excluding carboxylic acids is 1. The molecule has 1 aromatic rings. The first kappa shape index (κ1) is 12.7. The molecule has 0 bridgehead atoms. The van der Waals surface area contributed by atoms with E-state index < -0.39 is 9.70 Å². The number of nitrogens with one attached hydrogen (secondary N) is 1. The van der Waals surface area contributed by atoms with Crippen molar-refractivity contribution >= 4 is 58.0 Å². The van der Waals surface area contributed by atoms with Gasteiger partial charge in [-0.05, 0) is 18.2 Å². The highest BCUT2D eigenvalue weighted by molar-refractivity contribution is 6.76. The van der Waals surface area contributed by atoms with Crippen molar-refractivity contribution in [2.24, 2.45) is 0 Å². The third-order valence-electron chi connectivity index (χ3n) is 1.46. The normalized spacial score (nSPS) is 11.2. The standard InChI is InChI=1S/C8H5Cl4NO2/c9-5-3-4(1-2-6(5)14)13-7(15)8(10,11)12/h1-3,14H,(H,13,15). The number of alkyl halides is 3. The summed E-state index contributed by atoms with van der Waals surface area (Å²) >= 11 is 21.6. The van der Waals surface area contributed by atoms with Gasteiger partial charge in [-0.15, -0.1) is 0 Å². The molecule has 3 nitrogen and oxygen atoms in total. The molecule has 0 radical (unpaired) electrons. The van der Waals surface area contributed by atoms with Crippen molar-refractivity contribution in [1.82, 2.24) is 0 Å². The van der Waals surface area contributed by atoms with Crippen molar-refractivity contribution < 1.29 is 9.90 Å². The lowest BCUT2D eigenvalue weighted by molar-refractivity contribution is -0.115. The quantitative estimate of drug-likeness (QED) is 0.615. The maximum Gasteiger partial charge on any atom is 0.276 e. The predicted molar refractivity (Wildman–Crippen MR) is 62.0 cm³/mol. The van der Waals surface area contributed by atoms with Crippen LogP contribution in [-0.4, -0.2) is 14.8 Å². The minimum atomic E-state index is -2.04. The number of rotatable bonds is 1. The Morgan fingerprint density at radius 2 is 1.93 bits per heavy atom. The van der Waals surface area contributed by atoms with E-state index in [1.54, 1.807) is 0 Å². The predicted octanol–water partition coefficient (Wildman–Crippen LogP) is 3.35. The Morgan fingerprint density at radius 1 is 1.33 bits per heavy atom. The first-order valence-corrected chi connectivity index (χ1v) is 5.18. The lowest BCUT2D eigenvalue weighted by Crippen LogP contribution is -2.26. The molecule has 0 aliphatic rings. The average Bonchev–Trinajstić information content (AvgIpc) is 2.10. The largest absolute Gasteiger partial charge is 0.506 e. The van der Waals surface area contributed by atoms with Gasteiger partial charge in [0, 0.05) is 5.69 Å². The van der Waals surface area contributed by atoms with Gasteiger partial charge in [0.1, 0.15) is 5.75 Å². The molecule has 0 unspecified atom stereocenters. The highest BCUT2D eigenvalue weighted by atomic mass is 35.6. The van der Waals surface area contributed by atoms with Gasteiger partial charge in [-0.1, -0.05) is 46.4 Å². The van der Waals surface area contributed by atoms with Crippen molar-refractivity contribution in [3.63, 3.8) is 0 Å². The summed E-state index contributed by atoms with van der Waals surface area (Å²) in [5.74, 6) is -0.891. The van der Waals surface area contributed by atoms with E-state index in [9.17, 15) is 4.79 Å². The van der Waals surface area contributed by atoms with Gasteiger partial charge in [-0.2, -0.15) is 0 Å². The lowest BCUT2D eigenvalue weighted by atomic mass is 10.3. The Morgan fingerprint density at radius 3 is 2.40 bits per heavy atom. The fourth-order valence-corrected chi connectivity index (χ4v) is 1.11. The Labute approximate surface area is 106 Å². The van der Waals surface area contributed by atoms with Gasteiger partial charge >= 0.3 is 0 Å². The van der Waals surface area contributed by atoms with Crippen LogP contribution in [0.1, 0.15) is 0 Å². The number of amides is 1. The number of hydrogen-bond acceptors (Lipinski definition) is 2. The van der Waals surface area contributed by atoms with Gasteiger partial charge in [0.25, 0.3) is 9.70 Å². The van der Waals surface area contributed by atoms with Crippen molar-refractivity contribution in [3.05, 3.63) is 23.2 Å². The summed E-state index contributed by atoms with van der Waals surface area (Å²) < 4.78 is -2.04. The minimum absolute atomic E-state index is 0.0939. The molecule has 7 heteroatoms. The highest BCUT2D eigenvalue weighted by Gasteiger charge is 2.30. The molecule has 82 valence electrons. The zero-order valence-corrected chi connectivity index (χ0v) is 10.1. The second kappa shape index (κ2) is 4.66. The molecule has 0 saturated carbocycles. The monoisotopic (exact) mass is 287 g/mol. The number of halogens is 4. The van der Waals surface area contributed by atoms with E-state index in [4.69, 9.17) is 51.5 Å². The van der Waals surface area contributed by atoms with Gasteiger partial charge in [0.15, 0.2) is 0 Å². The molecule has 2 N–H and O–H groups in total. The number of anilines is 1. The van der Waals surface area contributed by atoms with Crippen molar-refractivity contribution in [2.45, 2.75) is 3.79 Å². The third kappa shape index (κ3) is 3.61. The van der Waals surface area contributed by atoms with Crippen LogP contribution in [0.2, 0.25) is 5.02 Å². The molecule has 0 spiro atoms. The smallest absolute Gasteiger partial charge is 0.276 e. The lowest BCUT2D eigenvalue weighted by Gasteiger charge is -2.11. The molecule has 0 atom stereocenters. The van der Waals surface area contributed by atoms with Crippen LogP contribution in [0.5, 0.6) is 5.75 Å². The molecule has 1 aromatic carbocycles. The number of aromatic hydroxyl groups is 1.